The van der Waals surface area contributed by atoms with Gasteiger partial charge in [-0.25, -0.2) is 0 Å². The highest BCUT2D eigenvalue weighted by Gasteiger charge is 1.93. The number of benzene rings is 1. The summed E-state index contributed by atoms with van der Waals surface area (Å²) in [5.41, 5.74) is 1.01. The fourth-order valence-electron chi connectivity index (χ4n) is 0.858. The van der Waals surface area contributed by atoms with Gasteiger partial charge in [0, 0.05) is 7.11 Å². The molecule has 1 rings (SSSR count). The molecule has 0 spiro atoms. The first-order chi connectivity index (χ1) is 5.36. The standard InChI is InChI=1S/C9H11O2/c1-10-7-8-4-3-5-9(6-8)11-2/h3,5-6H,7H2,1-2H3. The Bertz CT molecular complexity index is 221. The van der Waals surface area contributed by atoms with Crippen LogP contribution in [0, 0.1) is 6.07 Å². The average molecular weight is 151 g/mol. The number of hydrogen-bond donors (Lipinski definition) is 0. The van der Waals surface area contributed by atoms with Gasteiger partial charge in [-0.3, -0.25) is 0 Å². The summed E-state index contributed by atoms with van der Waals surface area (Å²) in [4.78, 5) is 0. The molecule has 1 radical (unpaired) electrons. The van der Waals surface area contributed by atoms with Gasteiger partial charge in [-0.1, -0.05) is 6.07 Å². The van der Waals surface area contributed by atoms with Crippen molar-refractivity contribution in [2.24, 2.45) is 0 Å². The van der Waals surface area contributed by atoms with Crippen molar-refractivity contribution in [2.45, 2.75) is 6.61 Å². The third-order valence-corrected chi connectivity index (χ3v) is 1.37. The first-order valence-corrected chi connectivity index (χ1v) is 3.40. The molecule has 2 nitrogen and oxygen atoms in total. The van der Waals surface area contributed by atoms with Crippen LogP contribution in [0.15, 0.2) is 18.2 Å². The maximum Gasteiger partial charge on any atom is 0.119 e. The van der Waals surface area contributed by atoms with E-state index in [-0.39, 0.29) is 0 Å². The Hall–Kier alpha value is -1.02. The smallest absolute Gasteiger partial charge is 0.119 e. The second kappa shape index (κ2) is 3.98. The molecule has 0 saturated heterocycles. The van der Waals surface area contributed by atoms with E-state index >= 15 is 0 Å². The molecule has 0 heterocycles. The van der Waals surface area contributed by atoms with Crippen LogP contribution < -0.4 is 4.74 Å². The zero-order chi connectivity index (χ0) is 8.10. The van der Waals surface area contributed by atoms with Crippen LogP contribution in [-0.2, 0) is 11.3 Å². The summed E-state index contributed by atoms with van der Waals surface area (Å²) in [7, 11) is 3.30. The minimum Gasteiger partial charge on any atom is -0.497 e. The van der Waals surface area contributed by atoms with Crippen LogP contribution in [0.4, 0.5) is 0 Å². The second-order valence-corrected chi connectivity index (χ2v) is 2.19. The van der Waals surface area contributed by atoms with E-state index in [0.717, 1.165) is 11.3 Å². The van der Waals surface area contributed by atoms with Crippen LogP contribution in [-0.4, -0.2) is 14.2 Å². The Morgan fingerprint density at radius 1 is 1.45 bits per heavy atom. The summed E-state index contributed by atoms with van der Waals surface area (Å²) in [5.74, 6) is 0.843. The zero-order valence-corrected chi connectivity index (χ0v) is 6.76. The lowest BCUT2D eigenvalue weighted by Gasteiger charge is -2.01. The molecule has 0 aliphatic carbocycles. The van der Waals surface area contributed by atoms with Crippen LogP contribution in [0.3, 0.4) is 0 Å². The molecule has 1 aromatic carbocycles. The molecule has 59 valence electrons. The quantitative estimate of drug-likeness (QED) is 0.653. The summed E-state index contributed by atoms with van der Waals surface area (Å²) >= 11 is 0. The molecule has 0 N–H and O–H groups in total. The third kappa shape index (κ3) is 2.24. The number of rotatable bonds is 3. The van der Waals surface area contributed by atoms with E-state index in [1.54, 1.807) is 14.2 Å². The minimum absolute atomic E-state index is 0.581. The van der Waals surface area contributed by atoms with Gasteiger partial charge >= 0.3 is 0 Å². The Labute approximate surface area is 66.8 Å². The summed E-state index contributed by atoms with van der Waals surface area (Å²) in [6, 6.07) is 8.63. The molecule has 0 fully saturated rings. The lowest BCUT2D eigenvalue weighted by molar-refractivity contribution is 0.184. The van der Waals surface area contributed by atoms with Crippen molar-refractivity contribution >= 4 is 0 Å². The highest BCUT2D eigenvalue weighted by Crippen LogP contribution is 2.11. The molecule has 0 saturated carbocycles. The van der Waals surface area contributed by atoms with Crippen molar-refractivity contribution in [2.75, 3.05) is 14.2 Å². The topological polar surface area (TPSA) is 18.5 Å². The molecule has 0 amide bonds. The van der Waals surface area contributed by atoms with Gasteiger partial charge in [-0.2, -0.15) is 0 Å². The van der Waals surface area contributed by atoms with Crippen LogP contribution in [0.5, 0.6) is 5.75 Å². The van der Waals surface area contributed by atoms with Gasteiger partial charge in [0.25, 0.3) is 0 Å². The van der Waals surface area contributed by atoms with Crippen molar-refractivity contribution < 1.29 is 9.47 Å². The largest absolute Gasteiger partial charge is 0.497 e. The molecule has 1 aromatic rings. The molecule has 0 bridgehead atoms. The first kappa shape index (κ1) is 8.08. The van der Waals surface area contributed by atoms with Gasteiger partial charge in [0.15, 0.2) is 0 Å². The van der Waals surface area contributed by atoms with E-state index in [9.17, 15) is 0 Å². The Morgan fingerprint density at radius 3 is 2.91 bits per heavy atom. The average Bonchev–Trinajstić information content (AvgIpc) is 2.06. The van der Waals surface area contributed by atoms with Crippen LogP contribution in [0.25, 0.3) is 0 Å². The predicted octanol–water partition coefficient (Wildman–Crippen LogP) is 1.64. The number of methoxy groups -OCH3 is 2. The first-order valence-electron chi connectivity index (χ1n) is 3.40. The Kier molecular flexibility index (Phi) is 2.93. The molecule has 0 atom stereocenters. The van der Waals surface area contributed by atoms with E-state index in [2.05, 4.69) is 6.07 Å². The van der Waals surface area contributed by atoms with Crippen molar-refractivity contribution in [3.8, 4) is 5.75 Å². The molecule has 0 aliphatic heterocycles. The Morgan fingerprint density at radius 2 is 2.27 bits per heavy atom. The normalized spacial score (nSPS) is 9.64. The minimum atomic E-state index is 0.581. The van der Waals surface area contributed by atoms with Crippen LogP contribution in [0.1, 0.15) is 5.56 Å². The fraction of sp³-hybridized carbons (Fsp3) is 0.333. The molecular weight excluding hydrogens is 140 g/mol. The SMILES string of the molecule is COCc1[c]ccc(OC)c1. The summed E-state index contributed by atoms with van der Waals surface area (Å²) in [5, 5.41) is 0. The van der Waals surface area contributed by atoms with E-state index in [0.29, 0.717) is 6.61 Å². The van der Waals surface area contributed by atoms with Crippen LogP contribution in [0.2, 0.25) is 0 Å². The molecule has 0 aliphatic rings. The molecule has 0 unspecified atom stereocenters. The van der Waals surface area contributed by atoms with Crippen molar-refractivity contribution in [3.05, 3.63) is 29.8 Å². The second-order valence-electron chi connectivity index (χ2n) is 2.19. The lowest BCUT2D eigenvalue weighted by Crippen LogP contribution is -1.89. The maximum atomic E-state index is 5.03. The van der Waals surface area contributed by atoms with Crippen LogP contribution >= 0.6 is 0 Å². The molecular formula is C9H11O2. The van der Waals surface area contributed by atoms with Gasteiger partial charge in [0.1, 0.15) is 5.75 Å². The zero-order valence-electron chi connectivity index (χ0n) is 6.76. The van der Waals surface area contributed by atoms with Gasteiger partial charge in [-0.05, 0) is 23.8 Å². The molecule has 2 heteroatoms. The van der Waals surface area contributed by atoms with Crippen molar-refractivity contribution in [1.29, 1.82) is 0 Å². The number of ether oxygens (including phenoxy) is 2. The van der Waals surface area contributed by atoms with E-state index in [4.69, 9.17) is 9.47 Å². The fourth-order valence-corrected chi connectivity index (χ4v) is 0.858. The summed E-state index contributed by atoms with van der Waals surface area (Å²) < 4.78 is 9.97. The summed E-state index contributed by atoms with van der Waals surface area (Å²) in [6.07, 6.45) is 0. The van der Waals surface area contributed by atoms with Gasteiger partial charge in [0.05, 0.1) is 13.7 Å². The van der Waals surface area contributed by atoms with E-state index < -0.39 is 0 Å². The maximum absolute atomic E-state index is 5.03. The third-order valence-electron chi connectivity index (χ3n) is 1.37. The van der Waals surface area contributed by atoms with E-state index in [1.807, 2.05) is 18.2 Å². The molecule has 11 heavy (non-hydrogen) atoms. The van der Waals surface area contributed by atoms with Crippen molar-refractivity contribution in [1.82, 2.24) is 0 Å². The lowest BCUT2D eigenvalue weighted by atomic mass is 10.2. The van der Waals surface area contributed by atoms with Gasteiger partial charge < -0.3 is 9.47 Å². The van der Waals surface area contributed by atoms with Crippen molar-refractivity contribution in [3.63, 3.8) is 0 Å². The summed E-state index contributed by atoms with van der Waals surface area (Å²) in [6.45, 7) is 0.581. The van der Waals surface area contributed by atoms with Gasteiger partial charge in [-0.15, -0.1) is 0 Å². The van der Waals surface area contributed by atoms with E-state index in [1.165, 1.54) is 0 Å². The number of hydrogen-bond acceptors (Lipinski definition) is 2. The van der Waals surface area contributed by atoms with Gasteiger partial charge in [0.2, 0.25) is 0 Å². The highest BCUT2D eigenvalue weighted by atomic mass is 16.5. The predicted molar refractivity (Wildman–Crippen MR) is 42.5 cm³/mol. The molecule has 0 aromatic heterocycles. The highest BCUT2D eigenvalue weighted by molar-refractivity contribution is 5.26. The monoisotopic (exact) mass is 151 g/mol. The Balaban J connectivity index is 2.74.